The highest BCUT2D eigenvalue weighted by Crippen LogP contribution is 2.35. The Labute approximate surface area is 186 Å². The Balaban J connectivity index is 1.58. The van der Waals surface area contributed by atoms with E-state index in [0.717, 1.165) is 10.0 Å². The zero-order valence-electron chi connectivity index (χ0n) is 15.9. The lowest BCUT2D eigenvalue weighted by Crippen LogP contribution is -2.49. The summed E-state index contributed by atoms with van der Waals surface area (Å²) in [6, 6.07) is 11.1. The van der Waals surface area contributed by atoms with Gasteiger partial charge in [0, 0.05) is 15.2 Å². The minimum Gasteiger partial charge on any atom is -0.456 e. The van der Waals surface area contributed by atoms with Crippen molar-refractivity contribution in [2.45, 2.75) is 13.0 Å². The van der Waals surface area contributed by atoms with E-state index in [9.17, 15) is 14.4 Å². The third-order valence-electron chi connectivity index (χ3n) is 4.95. The predicted molar refractivity (Wildman–Crippen MR) is 115 cm³/mol. The van der Waals surface area contributed by atoms with Gasteiger partial charge >= 0.3 is 12.0 Å². The van der Waals surface area contributed by atoms with Crippen LogP contribution in [0, 0.1) is 6.92 Å². The van der Waals surface area contributed by atoms with Gasteiger partial charge in [-0.25, -0.2) is 9.59 Å². The fourth-order valence-electron chi connectivity index (χ4n) is 3.45. The van der Waals surface area contributed by atoms with Crippen molar-refractivity contribution >= 4 is 51.1 Å². The quantitative estimate of drug-likeness (QED) is 0.636. The number of carbonyl (C=O) groups excluding carboxylic acids is 3. The average Bonchev–Trinajstić information content (AvgIpc) is 3.09. The minimum atomic E-state index is -0.659. The average molecular weight is 491 g/mol. The van der Waals surface area contributed by atoms with Gasteiger partial charge in [0.25, 0.3) is 0 Å². The van der Waals surface area contributed by atoms with Crippen molar-refractivity contribution in [2.24, 2.45) is 0 Å². The van der Waals surface area contributed by atoms with Gasteiger partial charge < -0.3 is 15.4 Å². The van der Waals surface area contributed by atoms with Gasteiger partial charge in [0.15, 0.2) is 0 Å². The Hall–Kier alpha value is -2.84. The number of amides is 3. The molecule has 4 rings (SSSR count). The van der Waals surface area contributed by atoms with Crippen LogP contribution < -0.4 is 10.6 Å². The molecule has 1 atom stereocenters. The van der Waals surface area contributed by atoms with Crippen LogP contribution in [-0.2, 0) is 14.3 Å². The lowest BCUT2D eigenvalue weighted by molar-refractivity contribution is -0.136. The van der Waals surface area contributed by atoms with E-state index >= 15 is 0 Å². The first-order valence-electron chi connectivity index (χ1n) is 9.13. The summed E-state index contributed by atoms with van der Waals surface area (Å²) in [5.41, 5.74) is 3.00. The Bertz CT molecular complexity index is 1080. The molecule has 0 saturated heterocycles. The van der Waals surface area contributed by atoms with E-state index in [1.54, 1.807) is 30.3 Å². The maximum absolute atomic E-state index is 12.8. The number of nitrogens with zero attached hydrogens (tertiary/aromatic N) is 1. The standard InChI is InChI=1S/C21H17BrClN3O4/c1-11-8-14(6-7-15(11)22)24-17(27)9-26-16-10-30-20(28)18(16)19(25-21(26)29)12-2-4-13(23)5-3-12/h2-8,19H,9-10H2,1H3,(H,24,27)(H,25,29). The number of aryl methyl sites for hydroxylation is 1. The van der Waals surface area contributed by atoms with Gasteiger partial charge in [-0.15, -0.1) is 0 Å². The second kappa shape index (κ2) is 8.12. The van der Waals surface area contributed by atoms with Crippen LogP contribution in [0.4, 0.5) is 10.5 Å². The maximum atomic E-state index is 12.8. The first-order chi connectivity index (χ1) is 14.3. The number of esters is 1. The largest absolute Gasteiger partial charge is 0.456 e. The molecule has 2 aliphatic heterocycles. The summed E-state index contributed by atoms with van der Waals surface area (Å²) in [5.74, 6) is -0.901. The van der Waals surface area contributed by atoms with Gasteiger partial charge in [-0.3, -0.25) is 9.69 Å². The van der Waals surface area contributed by atoms with Gasteiger partial charge in [0.05, 0.1) is 17.3 Å². The lowest BCUT2D eigenvalue weighted by atomic mass is 9.96. The van der Waals surface area contributed by atoms with Gasteiger partial charge in [0.1, 0.15) is 13.2 Å². The number of nitrogens with one attached hydrogen (secondary N) is 2. The second-order valence-electron chi connectivity index (χ2n) is 6.97. The van der Waals surface area contributed by atoms with E-state index in [2.05, 4.69) is 26.6 Å². The SMILES string of the molecule is Cc1cc(NC(=O)CN2C(=O)NC(c3ccc(Cl)cc3)C3=C2COC3=O)ccc1Br. The number of benzene rings is 2. The molecule has 0 aromatic heterocycles. The summed E-state index contributed by atoms with van der Waals surface area (Å²) in [5, 5.41) is 6.11. The molecule has 1 unspecified atom stereocenters. The molecule has 9 heteroatoms. The van der Waals surface area contributed by atoms with Crippen LogP contribution in [-0.4, -0.2) is 36.0 Å². The highest BCUT2D eigenvalue weighted by Gasteiger charge is 2.42. The molecule has 2 aromatic rings. The number of cyclic esters (lactones) is 1. The summed E-state index contributed by atoms with van der Waals surface area (Å²) < 4.78 is 6.10. The molecule has 2 aromatic carbocycles. The third kappa shape index (κ3) is 3.93. The van der Waals surface area contributed by atoms with Crippen molar-refractivity contribution < 1.29 is 19.1 Å². The molecule has 3 amide bonds. The Kier molecular flexibility index (Phi) is 5.53. The van der Waals surface area contributed by atoms with Crippen molar-refractivity contribution in [2.75, 3.05) is 18.5 Å². The summed E-state index contributed by atoms with van der Waals surface area (Å²) in [7, 11) is 0. The number of ether oxygens (including phenoxy) is 1. The van der Waals surface area contributed by atoms with E-state index in [0.29, 0.717) is 27.5 Å². The first-order valence-corrected chi connectivity index (χ1v) is 10.3. The molecule has 0 saturated carbocycles. The van der Waals surface area contributed by atoms with Gasteiger partial charge in [-0.1, -0.05) is 39.7 Å². The molecule has 0 fully saturated rings. The monoisotopic (exact) mass is 489 g/mol. The van der Waals surface area contributed by atoms with Crippen LogP contribution in [0.15, 0.2) is 58.2 Å². The zero-order valence-corrected chi connectivity index (χ0v) is 18.2. The Morgan fingerprint density at radius 3 is 2.70 bits per heavy atom. The molecule has 0 bridgehead atoms. The highest BCUT2D eigenvalue weighted by atomic mass is 79.9. The van der Waals surface area contributed by atoms with Crippen molar-refractivity contribution in [3.63, 3.8) is 0 Å². The number of anilines is 1. The molecule has 0 aliphatic carbocycles. The first kappa shape index (κ1) is 20.4. The number of hydrogen-bond donors (Lipinski definition) is 2. The Morgan fingerprint density at radius 1 is 1.27 bits per heavy atom. The fourth-order valence-corrected chi connectivity index (χ4v) is 3.82. The van der Waals surface area contributed by atoms with E-state index in [1.165, 1.54) is 4.90 Å². The minimum absolute atomic E-state index is 0.0592. The molecular formula is C21H17BrClN3O4. The predicted octanol–water partition coefficient (Wildman–Crippen LogP) is 3.93. The van der Waals surface area contributed by atoms with Crippen molar-refractivity contribution in [3.8, 4) is 0 Å². The molecule has 30 heavy (non-hydrogen) atoms. The third-order valence-corrected chi connectivity index (χ3v) is 6.09. The van der Waals surface area contributed by atoms with Crippen LogP contribution >= 0.6 is 27.5 Å². The van der Waals surface area contributed by atoms with Crippen LogP contribution in [0.5, 0.6) is 0 Å². The summed E-state index contributed by atoms with van der Waals surface area (Å²) in [4.78, 5) is 39.0. The summed E-state index contributed by atoms with van der Waals surface area (Å²) >= 11 is 9.35. The number of hydrogen-bond acceptors (Lipinski definition) is 4. The number of halogens is 2. The molecular weight excluding hydrogens is 474 g/mol. The van der Waals surface area contributed by atoms with E-state index in [4.69, 9.17) is 16.3 Å². The molecule has 0 spiro atoms. The molecule has 7 nitrogen and oxygen atoms in total. The van der Waals surface area contributed by atoms with E-state index in [1.807, 2.05) is 19.1 Å². The van der Waals surface area contributed by atoms with Crippen molar-refractivity contribution in [3.05, 3.63) is 74.4 Å². The van der Waals surface area contributed by atoms with Gasteiger partial charge in [-0.2, -0.15) is 0 Å². The van der Waals surface area contributed by atoms with Crippen LogP contribution in [0.3, 0.4) is 0 Å². The number of rotatable bonds is 4. The van der Waals surface area contributed by atoms with E-state index in [-0.39, 0.29) is 19.1 Å². The molecule has 2 heterocycles. The smallest absolute Gasteiger partial charge is 0.338 e. The van der Waals surface area contributed by atoms with E-state index < -0.39 is 18.0 Å². The van der Waals surface area contributed by atoms with Crippen LogP contribution in [0.25, 0.3) is 0 Å². The molecule has 2 N–H and O–H groups in total. The summed E-state index contributed by atoms with van der Waals surface area (Å²) in [6.45, 7) is 1.60. The highest BCUT2D eigenvalue weighted by molar-refractivity contribution is 9.10. The molecule has 2 aliphatic rings. The normalized spacial score (nSPS) is 18.1. The Morgan fingerprint density at radius 2 is 2.00 bits per heavy atom. The van der Waals surface area contributed by atoms with Gasteiger partial charge in [-0.05, 0) is 48.4 Å². The maximum Gasteiger partial charge on any atom is 0.338 e. The van der Waals surface area contributed by atoms with Crippen molar-refractivity contribution in [1.82, 2.24) is 10.2 Å². The molecule has 154 valence electrons. The lowest BCUT2D eigenvalue weighted by Gasteiger charge is -2.32. The topological polar surface area (TPSA) is 87.7 Å². The number of urea groups is 1. The van der Waals surface area contributed by atoms with Gasteiger partial charge in [0.2, 0.25) is 5.91 Å². The van der Waals surface area contributed by atoms with Crippen LogP contribution in [0.1, 0.15) is 17.2 Å². The second-order valence-corrected chi connectivity index (χ2v) is 8.26. The van der Waals surface area contributed by atoms with Crippen LogP contribution in [0.2, 0.25) is 5.02 Å². The van der Waals surface area contributed by atoms with Crippen molar-refractivity contribution in [1.29, 1.82) is 0 Å². The molecule has 0 radical (unpaired) electrons. The number of carbonyl (C=O) groups is 3. The zero-order chi connectivity index (χ0) is 21.4. The summed E-state index contributed by atoms with van der Waals surface area (Å²) in [6.07, 6.45) is 0. The fraction of sp³-hybridized carbons (Fsp3) is 0.190.